The average Bonchev–Trinajstić information content (AvgIpc) is 2.77. The minimum absolute atomic E-state index is 0.401. The van der Waals surface area contributed by atoms with Crippen molar-refractivity contribution in [3.63, 3.8) is 0 Å². The van der Waals surface area contributed by atoms with Gasteiger partial charge in [0.25, 0.3) is 0 Å². The largest absolute Gasteiger partial charge is 0.399 e. The number of carbonyl (C=O) groups is 1. The molecule has 1 aliphatic carbocycles. The number of anilines is 3. The van der Waals surface area contributed by atoms with Crippen molar-refractivity contribution in [1.29, 1.82) is 0 Å². The third-order valence-electron chi connectivity index (χ3n) is 3.70. The molecule has 0 heterocycles. The Hall–Kier alpha value is -1.71. The van der Waals surface area contributed by atoms with Crippen molar-refractivity contribution in [2.75, 3.05) is 23.8 Å². The summed E-state index contributed by atoms with van der Waals surface area (Å²) >= 11 is 0. The zero-order chi connectivity index (χ0) is 12.5. The molecule has 0 saturated heterocycles. The van der Waals surface area contributed by atoms with E-state index in [-0.39, 0.29) is 0 Å². The molecule has 0 unspecified atom stereocenters. The normalized spacial score (nSPS) is 17.9. The summed E-state index contributed by atoms with van der Waals surface area (Å²) in [6.45, 7) is 0. The van der Waals surface area contributed by atoms with Crippen LogP contribution in [0.5, 0.6) is 0 Å². The van der Waals surface area contributed by atoms with Crippen molar-refractivity contribution in [1.82, 2.24) is 0 Å². The Morgan fingerprint density at radius 3 is 2.47 bits per heavy atom. The first kappa shape index (κ1) is 11.8. The van der Waals surface area contributed by atoms with E-state index in [4.69, 9.17) is 11.5 Å². The van der Waals surface area contributed by atoms with Crippen LogP contribution in [0.25, 0.3) is 0 Å². The lowest BCUT2D eigenvalue weighted by molar-refractivity contribution is -0.112. The van der Waals surface area contributed by atoms with Crippen LogP contribution in [0, 0.1) is 0 Å². The van der Waals surface area contributed by atoms with Gasteiger partial charge in [-0.2, -0.15) is 0 Å². The maximum absolute atomic E-state index is 11.5. The highest BCUT2D eigenvalue weighted by molar-refractivity contribution is 5.82. The van der Waals surface area contributed by atoms with Gasteiger partial charge in [0.15, 0.2) is 0 Å². The lowest BCUT2D eigenvalue weighted by Crippen LogP contribution is -2.25. The predicted octanol–water partition coefficient (Wildman–Crippen LogP) is 1.90. The van der Waals surface area contributed by atoms with Crippen molar-refractivity contribution in [3.8, 4) is 0 Å². The second-order valence-electron chi connectivity index (χ2n) is 4.76. The molecule has 1 aromatic rings. The number of hydrogen-bond acceptors (Lipinski definition) is 4. The van der Waals surface area contributed by atoms with Crippen LogP contribution in [0.15, 0.2) is 12.1 Å². The number of aldehydes is 1. The quantitative estimate of drug-likeness (QED) is 0.550. The van der Waals surface area contributed by atoms with Crippen molar-refractivity contribution >= 4 is 23.3 Å². The highest BCUT2D eigenvalue weighted by Gasteiger charge is 2.37. The van der Waals surface area contributed by atoms with Gasteiger partial charge in [-0.15, -0.1) is 0 Å². The number of benzene rings is 1. The summed E-state index contributed by atoms with van der Waals surface area (Å²) in [6.07, 6.45) is 4.99. The van der Waals surface area contributed by atoms with Crippen LogP contribution in [0.3, 0.4) is 0 Å². The molecule has 0 amide bonds. The Morgan fingerprint density at radius 2 is 1.94 bits per heavy atom. The second kappa shape index (κ2) is 4.28. The molecule has 5 N–H and O–H groups in total. The van der Waals surface area contributed by atoms with Gasteiger partial charge in [0.05, 0.1) is 16.8 Å². The molecule has 1 fully saturated rings. The average molecular weight is 233 g/mol. The van der Waals surface area contributed by atoms with Crippen LogP contribution in [0.2, 0.25) is 0 Å². The van der Waals surface area contributed by atoms with Gasteiger partial charge in [0.2, 0.25) is 0 Å². The highest BCUT2D eigenvalue weighted by atomic mass is 16.1. The van der Waals surface area contributed by atoms with E-state index in [1.54, 1.807) is 6.07 Å². The van der Waals surface area contributed by atoms with E-state index in [2.05, 4.69) is 5.32 Å². The summed E-state index contributed by atoms with van der Waals surface area (Å²) in [4.78, 5) is 11.5. The fourth-order valence-corrected chi connectivity index (χ4v) is 2.82. The fraction of sp³-hybridized carbons (Fsp3) is 0.462. The van der Waals surface area contributed by atoms with Crippen LogP contribution >= 0.6 is 0 Å². The van der Waals surface area contributed by atoms with Gasteiger partial charge in [0, 0.05) is 12.7 Å². The summed E-state index contributed by atoms with van der Waals surface area (Å²) < 4.78 is 0. The summed E-state index contributed by atoms with van der Waals surface area (Å²) in [6, 6.07) is 3.60. The van der Waals surface area contributed by atoms with E-state index in [1.165, 1.54) is 0 Å². The molecule has 0 radical (unpaired) electrons. The summed E-state index contributed by atoms with van der Waals surface area (Å²) in [5.74, 6) is 0. The summed E-state index contributed by atoms with van der Waals surface area (Å²) in [5, 5.41) is 3.09. The van der Waals surface area contributed by atoms with Crippen LogP contribution in [0.1, 0.15) is 31.2 Å². The Bertz CT molecular complexity index is 437. The summed E-state index contributed by atoms with van der Waals surface area (Å²) in [7, 11) is 1.82. The molecule has 0 aromatic heterocycles. The first-order valence-corrected chi connectivity index (χ1v) is 5.96. The fourth-order valence-electron chi connectivity index (χ4n) is 2.82. The van der Waals surface area contributed by atoms with E-state index in [9.17, 15) is 4.79 Å². The van der Waals surface area contributed by atoms with Crippen molar-refractivity contribution in [2.45, 2.75) is 31.1 Å². The molecule has 2 rings (SSSR count). The topological polar surface area (TPSA) is 81.1 Å². The molecular weight excluding hydrogens is 214 g/mol. The van der Waals surface area contributed by atoms with Crippen LogP contribution in [0.4, 0.5) is 17.1 Å². The van der Waals surface area contributed by atoms with E-state index in [0.29, 0.717) is 11.4 Å². The van der Waals surface area contributed by atoms with Gasteiger partial charge < -0.3 is 21.6 Å². The second-order valence-corrected chi connectivity index (χ2v) is 4.76. The zero-order valence-electron chi connectivity index (χ0n) is 10.1. The maximum Gasteiger partial charge on any atom is 0.130 e. The molecule has 0 aliphatic heterocycles. The smallest absolute Gasteiger partial charge is 0.130 e. The molecular formula is C13H19N3O. The number of carbonyl (C=O) groups excluding carboxylic acids is 1. The van der Waals surface area contributed by atoms with E-state index < -0.39 is 5.41 Å². The number of rotatable bonds is 3. The van der Waals surface area contributed by atoms with Gasteiger partial charge >= 0.3 is 0 Å². The minimum Gasteiger partial charge on any atom is -0.399 e. The molecule has 0 bridgehead atoms. The van der Waals surface area contributed by atoms with Gasteiger partial charge in [0.1, 0.15) is 6.29 Å². The molecule has 17 heavy (non-hydrogen) atoms. The molecule has 0 atom stereocenters. The lowest BCUT2D eigenvalue weighted by atomic mass is 9.79. The molecule has 0 spiro atoms. The first-order chi connectivity index (χ1) is 8.13. The number of nitrogens with one attached hydrogen (secondary N) is 1. The van der Waals surface area contributed by atoms with Gasteiger partial charge in [-0.3, -0.25) is 0 Å². The standard InChI is InChI=1S/C13H19N3O/c1-16-12-10(6-9(14)7-11(12)15)13(8-17)4-2-3-5-13/h6-8,16H,2-5,14-15H2,1H3. The number of nitrogen functional groups attached to an aromatic ring is 2. The van der Waals surface area contributed by atoms with Gasteiger partial charge in [-0.05, 0) is 30.5 Å². The monoisotopic (exact) mass is 233 g/mol. The Labute approximate surface area is 101 Å². The Balaban J connectivity index is 2.60. The molecule has 4 nitrogen and oxygen atoms in total. The van der Waals surface area contributed by atoms with Crippen molar-refractivity contribution in [3.05, 3.63) is 17.7 Å². The third kappa shape index (κ3) is 1.84. The van der Waals surface area contributed by atoms with E-state index in [0.717, 1.165) is 43.2 Å². The lowest BCUT2D eigenvalue weighted by Gasteiger charge is -2.26. The van der Waals surface area contributed by atoms with Crippen molar-refractivity contribution in [2.24, 2.45) is 0 Å². The van der Waals surface area contributed by atoms with Crippen LogP contribution in [-0.4, -0.2) is 13.3 Å². The first-order valence-electron chi connectivity index (χ1n) is 5.96. The Kier molecular flexibility index (Phi) is 2.96. The Morgan fingerprint density at radius 1 is 1.29 bits per heavy atom. The maximum atomic E-state index is 11.5. The van der Waals surface area contributed by atoms with Gasteiger partial charge in [-0.25, -0.2) is 0 Å². The number of hydrogen-bond donors (Lipinski definition) is 3. The van der Waals surface area contributed by atoms with Crippen LogP contribution < -0.4 is 16.8 Å². The van der Waals surface area contributed by atoms with E-state index >= 15 is 0 Å². The molecule has 92 valence electrons. The van der Waals surface area contributed by atoms with E-state index in [1.807, 2.05) is 13.1 Å². The minimum atomic E-state index is -0.401. The van der Waals surface area contributed by atoms with Gasteiger partial charge in [-0.1, -0.05) is 12.8 Å². The SMILES string of the molecule is CNc1c(N)cc(N)cc1C1(C=O)CCCC1. The highest BCUT2D eigenvalue weighted by Crippen LogP contribution is 2.44. The molecule has 1 aliphatic rings. The number of nitrogens with two attached hydrogens (primary N) is 2. The third-order valence-corrected chi connectivity index (χ3v) is 3.70. The predicted molar refractivity (Wildman–Crippen MR) is 71.0 cm³/mol. The van der Waals surface area contributed by atoms with Crippen LogP contribution in [-0.2, 0) is 10.2 Å². The molecule has 1 aromatic carbocycles. The van der Waals surface area contributed by atoms with Crippen molar-refractivity contribution < 1.29 is 4.79 Å². The zero-order valence-corrected chi connectivity index (χ0v) is 10.1. The molecule has 4 heteroatoms. The molecule has 1 saturated carbocycles. The summed E-state index contributed by atoms with van der Waals surface area (Å²) in [5.41, 5.74) is 14.4.